The lowest BCUT2D eigenvalue weighted by Gasteiger charge is -2.37. The van der Waals surface area contributed by atoms with Crippen molar-refractivity contribution < 1.29 is 31.1 Å². The lowest BCUT2D eigenvalue weighted by molar-refractivity contribution is -0.0960. The molecule has 0 radical (unpaired) electrons. The maximum atomic E-state index is 14.4. The Morgan fingerprint density at radius 2 is 1.70 bits per heavy atom. The number of carbonyl (C=O) groups excluding carboxylic acids is 1. The molecule has 0 aliphatic carbocycles. The Morgan fingerprint density at radius 1 is 1.00 bits per heavy atom. The zero-order valence-electron chi connectivity index (χ0n) is 18.9. The number of alkyl halides is 3. The summed E-state index contributed by atoms with van der Waals surface area (Å²) in [5.74, 6) is -2.60. The first-order valence-corrected chi connectivity index (χ1v) is 11.0. The number of anilines is 1. The summed E-state index contributed by atoms with van der Waals surface area (Å²) in [6.45, 7) is 0.734. The molecular formula is C21H19F6N9O. The average molecular weight is 527 g/mol. The molecule has 16 heteroatoms. The number of benzene rings is 1. The van der Waals surface area contributed by atoms with Crippen LogP contribution in [-0.2, 0) is 0 Å². The fraction of sp³-hybridized carbons (Fsp3) is 0.333. The van der Waals surface area contributed by atoms with Crippen molar-refractivity contribution in [1.82, 2.24) is 36.3 Å². The van der Waals surface area contributed by atoms with Crippen LogP contribution in [0.5, 0.6) is 0 Å². The SMILES string of the molecule is O=C(N1CCN(c2ncc(F)c(C3=C(C(F)(F)F)NNN3)n2)CC1)N1N=CC[C@H]1c1cc(F)cc(F)c1. The summed E-state index contributed by atoms with van der Waals surface area (Å²) in [5, 5.41) is 5.23. The van der Waals surface area contributed by atoms with E-state index in [1.54, 1.807) is 4.90 Å². The predicted molar refractivity (Wildman–Crippen MR) is 118 cm³/mol. The van der Waals surface area contributed by atoms with Crippen LogP contribution in [0.25, 0.3) is 5.70 Å². The molecule has 3 aliphatic heterocycles. The van der Waals surface area contributed by atoms with Gasteiger partial charge in [-0.1, -0.05) is 0 Å². The molecule has 2 amide bonds. The van der Waals surface area contributed by atoms with Gasteiger partial charge in [-0.05, 0) is 17.7 Å². The molecule has 1 aromatic heterocycles. The van der Waals surface area contributed by atoms with Gasteiger partial charge in [-0.3, -0.25) is 10.9 Å². The minimum atomic E-state index is -4.79. The van der Waals surface area contributed by atoms with Gasteiger partial charge in [0.2, 0.25) is 5.95 Å². The van der Waals surface area contributed by atoms with Crippen molar-refractivity contribution in [2.45, 2.75) is 18.6 Å². The van der Waals surface area contributed by atoms with Gasteiger partial charge in [0.05, 0.1) is 12.2 Å². The molecule has 0 saturated carbocycles. The number of allylic oxidation sites excluding steroid dienone is 1. The summed E-state index contributed by atoms with van der Waals surface area (Å²) in [6.07, 6.45) is -2.24. The van der Waals surface area contributed by atoms with Crippen LogP contribution in [0.2, 0.25) is 0 Å². The van der Waals surface area contributed by atoms with Gasteiger partial charge in [-0.15, -0.1) is 5.53 Å². The van der Waals surface area contributed by atoms with Gasteiger partial charge in [0.15, 0.2) is 11.5 Å². The molecule has 3 aliphatic rings. The van der Waals surface area contributed by atoms with Crippen molar-refractivity contribution in [2.75, 3.05) is 31.1 Å². The predicted octanol–water partition coefficient (Wildman–Crippen LogP) is 2.41. The van der Waals surface area contributed by atoms with Gasteiger partial charge in [-0.25, -0.2) is 32.9 Å². The first-order valence-electron chi connectivity index (χ1n) is 11.0. The standard InChI is InChI=1S/C21H19F6N9O/c22-12-7-11(8-13(23)9-12)15-1-2-29-36(15)20(37)35-5-3-34(4-6-35)19-28-10-14(24)16(30-19)17-18(21(25,26)27)32-33-31-17/h2,7-10,15,31-33H,1,3-6H2/t15-/m0/s1. The van der Waals surface area contributed by atoms with E-state index in [0.29, 0.717) is 0 Å². The van der Waals surface area contributed by atoms with Crippen molar-refractivity contribution in [3.63, 3.8) is 0 Å². The second-order valence-electron chi connectivity index (χ2n) is 8.34. The van der Waals surface area contributed by atoms with Crippen LogP contribution in [0, 0.1) is 17.5 Å². The number of hydrogen-bond donors (Lipinski definition) is 3. The maximum Gasteiger partial charge on any atom is 0.434 e. The highest BCUT2D eigenvalue weighted by Gasteiger charge is 2.41. The van der Waals surface area contributed by atoms with E-state index in [2.05, 4.69) is 26.0 Å². The number of rotatable bonds is 3. The lowest BCUT2D eigenvalue weighted by atomic mass is 10.0. The normalized spacial score (nSPS) is 19.9. The summed E-state index contributed by atoms with van der Waals surface area (Å²) in [7, 11) is 0. The van der Waals surface area contributed by atoms with Crippen LogP contribution in [0.4, 0.5) is 37.1 Å². The zero-order valence-corrected chi connectivity index (χ0v) is 18.9. The number of carbonyl (C=O) groups is 1. The zero-order chi connectivity index (χ0) is 26.3. The maximum absolute atomic E-state index is 14.4. The third kappa shape index (κ3) is 4.83. The van der Waals surface area contributed by atoms with Gasteiger partial charge in [0.25, 0.3) is 0 Å². The second-order valence-corrected chi connectivity index (χ2v) is 8.34. The lowest BCUT2D eigenvalue weighted by Crippen LogP contribution is -2.52. The van der Waals surface area contributed by atoms with Crippen molar-refractivity contribution in [1.29, 1.82) is 0 Å². The fourth-order valence-electron chi connectivity index (χ4n) is 4.24. The van der Waals surface area contributed by atoms with Crippen molar-refractivity contribution in [2.24, 2.45) is 5.10 Å². The quantitative estimate of drug-likeness (QED) is 0.528. The molecule has 10 nitrogen and oxygen atoms in total. The Hall–Kier alpha value is -4.08. The largest absolute Gasteiger partial charge is 0.434 e. The van der Waals surface area contributed by atoms with E-state index in [1.807, 2.05) is 5.43 Å². The van der Waals surface area contributed by atoms with E-state index in [1.165, 1.54) is 11.1 Å². The molecule has 0 spiro atoms. The molecule has 196 valence electrons. The Kier molecular flexibility index (Phi) is 6.26. The van der Waals surface area contributed by atoms with Gasteiger partial charge >= 0.3 is 12.2 Å². The van der Waals surface area contributed by atoms with Crippen LogP contribution in [-0.4, -0.2) is 64.5 Å². The Morgan fingerprint density at radius 3 is 2.38 bits per heavy atom. The van der Waals surface area contributed by atoms with E-state index in [9.17, 15) is 31.1 Å². The van der Waals surface area contributed by atoms with Gasteiger partial charge < -0.3 is 9.80 Å². The number of nitrogens with zero attached hydrogens (tertiary/aromatic N) is 6. The highest BCUT2D eigenvalue weighted by molar-refractivity contribution is 5.79. The van der Waals surface area contributed by atoms with Gasteiger partial charge in [-0.2, -0.15) is 18.3 Å². The highest BCUT2D eigenvalue weighted by atomic mass is 19.4. The van der Waals surface area contributed by atoms with Crippen LogP contribution in [0.1, 0.15) is 23.7 Å². The van der Waals surface area contributed by atoms with E-state index in [0.717, 1.165) is 29.4 Å². The van der Waals surface area contributed by atoms with Crippen LogP contribution >= 0.6 is 0 Å². The van der Waals surface area contributed by atoms with Gasteiger partial charge in [0, 0.05) is 44.9 Å². The molecule has 4 heterocycles. The number of hydrogen-bond acceptors (Lipinski definition) is 8. The third-order valence-electron chi connectivity index (χ3n) is 6.01. The third-order valence-corrected chi connectivity index (χ3v) is 6.01. The highest BCUT2D eigenvalue weighted by Crippen LogP contribution is 2.32. The van der Waals surface area contributed by atoms with Crippen molar-refractivity contribution in [3.8, 4) is 0 Å². The molecular weight excluding hydrogens is 508 g/mol. The monoisotopic (exact) mass is 527 g/mol. The number of piperazine rings is 1. The number of aromatic nitrogens is 2. The average Bonchev–Trinajstić information content (AvgIpc) is 3.54. The molecule has 1 saturated heterocycles. The summed E-state index contributed by atoms with van der Waals surface area (Å²) < 4.78 is 81.5. The number of amides is 2. The molecule has 1 fully saturated rings. The van der Waals surface area contributed by atoms with Gasteiger partial charge in [0.1, 0.15) is 23.0 Å². The number of urea groups is 1. The Labute approximate surface area is 205 Å². The smallest absolute Gasteiger partial charge is 0.337 e. The minimum absolute atomic E-state index is 0.0153. The second kappa shape index (κ2) is 9.42. The molecule has 37 heavy (non-hydrogen) atoms. The summed E-state index contributed by atoms with van der Waals surface area (Å²) in [4.78, 5) is 24.1. The topological polar surface area (TPSA) is 101 Å². The van der Waals surface area contributed by atoms with E-state index >= 15 is 0 Å². The van der Waals surface area contributed by atoms with Crippen molar-refractivity contribution >= 4 is 23.9 Å². The number of hydrazine groups is 2. The molecule has 1 aromatic carbocycles. The van der Waals surface area contributed by atoms with E-state index < -0.39 is 52.8 Å². The van der Waals surface area contributed by atoms with Crippen molar-refractivity contribution in [3.05, 3.63) is 58.8 Å². The number of nitrogens with one attached hydrogen (secondary N) is 3. The fourth-order valence-corrected chi connectivity index (χ4v) is 4.24. The van der Waals surface area contributed by atoms with E-state index in [4.69, 9.17) is 0 Å². The van der Waals surface area contributed by atoms with E-state index in [-0.39, 0.29) is 44.1 Å². The Bertz CT molecular complexity index is 1260. The molecule has 0 unspecified atom stereocenters. The first kappa shape index (κ1) is 24.6. The summed E-state index contributed by atoms with van der Waals surface area (Å²) >= 11 is 0. The minimum Gasteiger partial charge on any atom is -0.337 e. The molecule has 5 rings (SSSR count). The molecule has 2 aromatic rings. The Balaban J connectivity index is 1.29. The molecule has 1 atom stereocenters. The number of halogens is 6. The first-order chi connectivity index (χ1) is 17.6. The van der Waals surface area contributed by atoms with Crippen LogP contribution in [0.3, 0.4) is 0 Å². The number of hydrazone groups is 1. The summed E-state index contributed by atoms with van der Waals surface area (Å²) in [6, 6.07) is 1.89. The summed E-state index contributed by atoms with van der Waals surface area (Å²) in [5.41, 5.74) is 4.02. The molecule has 3 N–H and O–H groups in total. The van der Waals surface area contributed by atoms with Crippen LogP contribution < -0.4 is 21.3 Å². The van der Waals surface area contributed by atoms with Crippen LogP contribution in [0.15, 0.2) is 35.2 Å². The molecule has 0 bridgehead atoms.